The monoisotopic (exact) mass is 744 g/mol. The molecule has 0 heterocycles. The normalized spacial score (nSPS) is 10.8. The van der Waals surface area contributed by atoms with Crippen LogP contribution in [0.1, 0.15) is 194 Å². The van der Waals surface area contributed by atoms with Gasteiger partial charge in [0, 0.05) is 11.9 Å². The van der Waals surface area contributed by atoms with Crippen LogP contribution >= 0.6 is 34.8 Å². The molecular formula is C37H67Cl3O4Zn. The molecule has 0 aromatic rings. The van der Waals surface area contributed by atoms with Crippen LogP contribution in [0.5, 0.6) is 0 Å². The maximum atomic E-state index is 10.2. The van der Waals surface area contributed by atoms with E-state index in [0.717, 1.165) is 38.5 Å². The Kier molecular flexibility index (Phi) is 55.5. The van der Waals surface area contributed by atoms with Crippen molar-refractivity contribution in [1.29, 1.82) is 0 Å². The van der Waals surface area contributed by atoms with Crippen molar-refractivity contribution in [1.82, 2.24) is 0 Å². The number of hydrogen-bond donors (Lipinski definition) is 0. The van der Waals surface area contributed by atoms with E-state index in [1.165, 1.54) is 128 Å². The molecule has 0 aromatic heterocycles. The average Bonchev–Trinajstić information content (AvgIpc) is 2.97. The van der Waals surface area contributed by atoms with Crippen LogP contribution < -0.4 is 10.2 Å². The van der Waals surface area contributed by atoms with Gasteiger partial charge in [0.25, 0.3) is 0 Å². The number of carbonyl (C=O) groups excluding carboxylic acids is 2. The molecule has 0 rings (SSSR count). The molecule has 0 unspecified atom stereocenters. The third-order valence-corrected chi connectivity index (χ3v) is 7.29. The molecule has 8 heteroatoms. The van der Waals surface area contributed by atoms with Crippen LogP contribution in [-0.2, 0) is 29.1 Å². The Balaban J connectivity index is -0.000000327. The summed E-state index contributed by atoms with van der Waals surface area (Å²) in [5, 5.41) is 20.4. The van der Waals surface area contributed by atoms with Gasteiger partial charge in [-0.2, -0.15) is 0 Å². The molecule has 0 aliphatic rings. The van der Waals surface area contributed by atoms with Gasteiger partial charge in [-0.1, -0.05) is 176 Å². The molecule has 0 amide bonds. The van der Waals surface area contributed by atoms with Crippen LogP contribution in [-0.4, -0.2) is 16.2 Å². The van der Waals surface area contributed by atoms with E-state index in [1.54, 1.807) is 0 Å². The third kappa shape index (κ3) is 67.1. The van der Waals surface area contributed by atoms with Crippen molar-refractivity contribution in [3.05, 3.63) is 24.3 Å². The van der Waals surface area contributed by atoms with Crippen molar-refractivity contribution in [2.75, 3.05) is 0 Å². The fourth-order valence-corrected chi connectivity index (χ4v) is 4.68. The molecular weight excluding hydrogens is 680 g/mol. The second kappa shape index (κ2) is 48.3. The molecule has 0 spiro atoms. The van der Waals surface area contributed by atoms with Gasteiger partial charge < -0.3 is 19.8 Å². The fraction of sp³-hybridized carbons (Fsp3) is 0.838. The number of alkyl halides is 3. The Labute approximate surface area is 306 Å². The molecule has 0 saturated heterocycles. The minimum Gasteiger partial charge on any atom is -0.550 e. The van der Waals surface area contributed by atoms with Gasteiger partial charge in [0.1, 0.15) is 0 Å². The second-order valence-corrected chi connectivity index (χ2v) is 13.6. The van der Waals surface area contributed by atoms with Crippen molar-refractivity contribution in [2.45, 2.75) is 198 Å². The Morgan fingerprint density at radius 3 is 0.867 bits per heavy atom. The maximum Gasteiger partial charge on any atom is 2.00 e. The molecule has 0 fully saturated rings. The number of carbonyl (C=O) groups is 2. The smallest absolute Gasteiger partial charge is 0.550 e. The minimum absolute atomic E-state index is 0. The number of unbranched alkanes of at least 4 members (excludes halogenated alkanes) is 22. The Morgan fingerprint density at radius 1 is 0.444 bits per heavy atom. The summed E-state index contributed by atoms with van der Waals surface area (Å²) in [6, 6.07) is 0. The summed E-state index contributed by atoms with van der Waals surface area (Å²) in [5.41, 5.74) is 0. The number of rotatable bonds is 30. The Hall–Kier alpha value is -0.0866. The summed E-state index contributed by atoms with van der Waals surface area (Å²) in [5.74, 6) is -1.83. The van der Waals surface area contributed by atoms with Gasteiger partial charge in [-0.05, 0) is 77.0 Å². The number of carboxylic acids is 2. The molecule has 0 aliphatic heterocycles. The molecule has 0 aliphatic carbocycles. The second-order valence-electron chi connectivity index (χ2n) is 11.7. The van der Waals surface area contributed by atoms with Gasteiger partial charge in [0.15, 0.2) is 4.30 Å². The average molecular weight is 748 g/mol. The summed E-state index contributed by atoms with van der Waals surface area (Å²) in [6.07, 6.45) is 41.8. The number of halogens is 3. The number of hydrogen-bond acceptors (Lipinski definition) is 4. The van der Waals surface area contributed by atoms with E-state index in [2.05, 4.69) is 38.2 Å². The van der Waals surface area contributed by atoms with Crippen molar-refractivity contribution in [3.8, 4) is 0 Å². The molecule has 0 bridgehead atoms. The first-order chi connectivity index (χ1) is 21.3. The SMILES string of the molecule is CCCCCCCC/C=C\CCCCCCCC(=O)[O-].CCCCCCCC/C=C\CCCCCCCC(=O)[O-].ClC(Cl)Cl.[Zn+2]. The first kappa shape index (κ1) is 51.7. The van der Waals surface area contributed by atoms with E-state index >= 15 is 0 Å². The van der Waals surface area contributed by atoms with E-state index in [-0.39, 0.29) is 32.3 Å². The molecule has 0 N–H and O–H groups in total. The standard InChI is InChI=1S/2C18H34O2.CHCl3.Zn/c2*1-2-3-4-5-6-7-8-9-10-11-12-13-14-15-16-17-18(19)20;2-1(3)4;/h2*9-10H,2-8,11-17H2,1H3,(H,19,20);1H;/q;;;+2/p-2/b2*10-9-;;. The minimum atomic E-state index is -0.914. The first-order valence-corrected chi connectivity index (χ1v) is 19.2. The van der Waals surface area contributed by atoms with Crippen LogP contribution in [0, 0.1) is 0 Å². The maximum absolute atomic E-state index is 10.2. The molecule has 45 heavy (non-hydrogen) atoms. The third-order valence-electron chi connectivity index (χ3n) is 7.29. The number of allylic oxidation sites excluding steroid dienone is 4. The number of aliphatic carboxylic acids is 2. The topological polar surface area (TPSA) is 80.3 Å². The molecule has 0 aromatic carbocycles. The van der Waals surface area contributed by atoms with Crippen LogP contribution in [0.3, 0.4) is 0 Å². The molecule has 0 saturated carbocycles. The molecule has 262 valence electrons. The van der Waals surface area contributed by atoms with Crippen LogP contribution in [0.2, 0.25) is 0 Å². The van der Waals surface area contributed by atoms with Crippen molar-refractivity contribution in [3.63, 3.8) is 0 Å². The zero-order valence-electron chi connectivity index (χ0n) is 29.2. The summed E-state index contributed by atoms with van der Waals surface area (Å²) >= 11 is 14.4. The predicted molar refractivity (Wildman–Crippen MR) is 190 cm³/mol. The van der Waals surface area contributed by atoms with E-state index in [0.29, 0.717) is 0 Å². The fourth-order valence-electron chi connectivity index (χ4n) is 4.68. The van der Waals surface area contributed by atoms with E-state index < -0.39 is 16.2 Å². The summed E-state index contributed by atoms with van der Waals surface area (Å²) in [6.45, 7) is 4.51. The van der Waals surface area contributed by atoms with Crippen LogP contribution in [0.4, 0.5) is 0 Å². The summed E-state index contributed by atoms with van der Waals surface area (Å²) in [4.78, 5) is 20.4. The quantitative estimate of drug-likeness (QED) is 0.0317. The van der Waals surface area contributed by atoms with Gasteiger partial charge in [0.05, 0.1) is 0 Å². The van der Waals surface area contributed by atoms with Crippen molar-refractivity contribution >= 4 is 46.7 Å². The first-order valence-electron chi connectivity index (χ1n) is 17.9. The zero-order valence-corrected chi connectivity index (χ0v) is 34.4. The van der Waals surface area contributed by atoms with Gasteiger partial charge in [0.2, 0.25) is 0 Å². The largest absolute Gasteiger partial charge is 2.00 e. The van der Waals surface area contributed by atoms with Crippen molar-refractivity contribution < 1.29 is 39.3 Å². The Morgan fingerprint density at radius 2 is 0.644 bits per heavy atom. The van der Waals surface area contributed by atoms with Gasteiger partial charge in [-0.15, -0.1) is 0 Å². The van der Waals surface area contributed by atoms with Crippen LogP contribution in [0.15, 0.2) is 24.3 Å². The molecule has 0 radical (unpaired) electrons. The van der Waals surface area contributed by atoms with E-state index in [9.17, 15) is 19.8 Å². The molecule has 4 nitrogen and oxygen atoms in total. The molecule has 0 atom stereocenters. The summed E-state index contributed by atoms with van der Waals surface area (Å²) in [7, 11) is 0. The number of carboxylic acid groups (broad SMARTS) is 2. The van der Waals surface area contributed by atoms with E-state index in [4.69, 9.17) is 34.8 Å². The van der Waals surface area contributed by atoms with Gasteiger partial charge >= 0.3 is 19.5 Å². The summed E-state index contributed by atoms with van der Waals surface area (Å²) < 4.78 is -0.750. The van der Waals surface area contributed by atoms with Gasteiger partial charge in [-0.25, -0.2) is 0 Å². The van der Waals surface area contributed by atoms with Crippen molar-refractivity contribution in [2.24, 2.45) is 0 Å². The zero-order chi connectivity index (χ0) is 33.4. The predicted octanol–water partition coefficient (Wildman–Crippen LogP) is 11.5. The van der Waals surface area contributed by atoms with Gasteiger partial charge in [-0.3, -0.25) is 0 Å². The van der Waals surface area contributed by atoms with Crippen LogP contribution in [0.25, 0.3) is 0 Å². The Bertz CT molecular complexity index is 578. The van der Waals surface area contributed by atoms with E-state index in [1.807, 2.05) is 0 Å².